The van der Waals surface area contributed by atoms with Crippen LogP contribution >= 0.6 is 0 Å². The summed E-state index contributed by atoms with van der Waals surface area (Å²) < 4.78 is 16.4. The van der Waals surface area contributed by atoms with E-state index in [1.165, 1.54) is 11.1 Å². The molecule has 1 atom stereocenters. The number of hydrogen-bond donors (Lipinski definition) is 0. The van der Waals surface area contributed by atoms with E-state index in [9.17, 15) is 0 Å². The molecule has 3 heterocycles. The maximum Gasteiger partial charge on any atom is 0.226 e. The van der Waals surface area contributed by atoms with Crippen LogP contribution in [0, 0.1) is 0 Å². The smallest absolute Gasteiger partial charge is 0.226 e. The molecule has 28 heavy (non-hydrogen) atoms. The second-order valence-electron chi connectivity index (χ2n) is 6.77. The average Bonchev–Trinajstić information content (AvgIpc) is 3.20. The van der Waals surface area contributed by atoms with Gasteiger partial charge in [-0.15, -0.1) is 0 Å². The number of pyridine rings is 1. The van der Waals surface area contributed by atoms with Crippen LogP contribution in [0.4, 0.5) is 0 Å². The lowest BCUT2D eigenvalue weighted by atomic mass is 9.88. The Labute approximate surface area is 164 Å². The Hall–Kier alpha value is -2.93. The Morgan fingerprint density at radius 2 is 2.04 bits per heavy atom. The van der Waals surface area contributed by atoms with Crippen molar-refractivity contribution in [2.24, 2.45) is 0 Å². The molecule has 0 N–H and O–H groups in total. The van der Waals surface area contributed by atoms with Crippen molar-refractivity contribution in [3.05, 3.63) is 65.1 Å². The topological polar surface area (TPSA) is 73.5 Å². The van der Waals surface area contributed by atoms with Gasteiger partial charge in [0, 0.05) is 25.4 Å². The fraction of sp³-hybridized carbons (Fsp3) is 0.381. The van der Waals surface area contributed by atoms with Gasteiger partial charge in [0.25, 0.3) is 0 Å². The molecule has 7 nitrogen and oxygen atoms in total. The summed E-state index contributed by atoms with van der Waals surface area (Å²) in [5.41, 5.74) is 3.57. The molecule has 0 spiro atoms. The molecule has 7 heteroatoms. The molecule has 1 unspecified atom stereocenters. The van der Waals surface area contributed by atoms with Crippen LogP contribution in [0.3, 0.4) is 0 Å². The molecule has 0 radical (unpaired) electrons. The number of hydrogen-bond acceptors (Lipinski definition) is 7. The van der Waals surface area contributed by atoms with Gasteiger partial charge in [0.2, 0.25) is 5.89 Å². The zero-order chi connectivity index (χ0) is 19.5. The number of fused-ring (bicyclic) bond motifs is 1. The fourth-order valence-electron chi connectivity index (χ4n) is 3.78. The van der Waals surface area contributed by atoms with Gasteiger partial charge in [-0.2, -0.15) is 4.98 Å². The molecule has 1 aromatic carbocycles. The van der Waals surface area contributed by atoms with Crippen molar-refractivity contribution >= 4 is 0 Å². The quantitative estimate of drug-likeness (QED) is 0.650. The molecular weight excluding hydrogens is 356 g/mol. The van der Waals surface area contributed by atoms with Gasteiger partial charge >= 0.3 is 0 Å². The van der Waals surface area contributed by atoms with E-state index < -0.39 is 0 Å². The van der Waals surface area contributed by atoms with E-state index in [1.54, 1.807) is 20.4 Å². The molecule has 0 fully saturated rings. The molecule has 0 bridgehead atoms. The average molecular weight is 380 g/mol. The normalized spacial score (nSPS) is 16.6. The summed E-state index contributed by atoms with van der Waals surface area (Å²) in [5, 5.41) is 4.14. The van der Waals surface area contributed by atoms with Crippen LogP contribution in [0.1, 0.15) is 41.4 Å². The second kappa shape index (κ2) is 7.98. The molecule has 3 aromatic rings. The SMILES string of the molecule is CCc1nc(CN2CCc3cc(OC)c(OC)cc3C2c2cccnc2)no1. The number of methoxy groups -OCH3 is 2. The number of aryl methyl sites for hydroxylation is 1. The van der Waals surface area contributed by atoms with Gasteiger partial charge in [-0.1, -0.05) is 18.1 Å². The van der Waals surface area contributed by atoms with Crippen LogP contribution in [0.25, 0.3) is 0 Å². The van der Waals surface area contributed by atoms with E-state index >= 15 is 0 Å². The Bertz CT molecular complexity index is 942. The van der Waals surface area contributed by atoms with Crippen LogP contribution in [0.15, 0.2) is 41.2 Å². The minimum absolute atomic E-state index is 0.0285. The minimum Gasteiger partial charge on any atom is -0.493 e. The van der Waals surface area contributed by atoms with Crippen LogP contribution in [-0.4, -0.2) is 40.8 Å². The van der Waals surface area contributed by atoms with Gasteiger partial charge in [-0.05, 0) is 41.3 Å². The molecule has 0 aliphatic carbocycles. The van der Waals surface area contributed by atoms with Gasteiger partial charge in [-0.3, -0.25) is 9.88 Å². The number of aromatic nitrogens is 3. The van der Waals surface area contributed by atoms with E-state index in [0.29, 0.717) is 18.3 Å². The number of rotatable bonds is 6. The number of ether oxygens (including phenoxy) is 2. The summed E-state index contributed by atoms with van der Waals surface area (Å²) in [6, 6.07) is 8.25. The Morgan fingerprint density at radius 3 is 2.71 bits per heavy atom. The summed E-state index contributed by atoms with van der Waals surface area (Å²) in [4.78, 5) is 11.2. The molecule has 146 valence electrons. The lowest BCUT2D eigenvalue weighted by Crippen LogP contribution is -2.36. The summed E-state index contributed by atoms with van der Waals surface area (Å²) in [6.45, 7) is 3.49. The van der Waals surface area contributed by atoms with Crippen molar-refractivity contribution in [3.63, 3.8) is 0 Å². The second-order valence-corrected chi connectivity index (χ2v) is 6.77. The van der Waals surface area contributed by atoms with Crippen LogP contribution in [-0.2, 0) is 19.4 Å². The van der Waals surface area contributed by atoms with Gasteiger partial charge in [0.15, 0.2) is 17.3 Å². The van der Waals surface area contributed by atoms with E-state index in [-0.39, 0.29) is 6.04 Å². The third kappa shape index (κ3) is 3.45. The molecule has 2 aromatic heterocycles. The number of benzene rings is 1. The molecule has 1 aliphatic heterocycles. The summed E-state index contributed by atoms with van der Waals surface area (Å²) in [5.74, 6) is 2.85. The van der Waals surface area contributed by atoms with E-state index in [1.807, 2.05) is 19.2 Å². The molecule has 1 aliphatic rings. The highest BCUT2D eigenvalue weighted by Gasteiger charge is 2.31. The Morgan fingerprint density at radius 1 is 1.21 bits per heavy atom. The van der Waals surface area contributed by atoms with E-state index in [0.717, 1.165) is 36.4 Å². The molecule has 0 saturated heterocycles. The first-order valence-corrected chi connectivity index (χ1v) is 9.43. The summed E-state index contributed by atoms with van der Waals surface area (Å²) in [6.07, 6.45) is 5.35. The largest absolute Gasteiger partial charge is 0.493 e. The monoisotopic (exact) mass is 380 g/mol. The zero-order valence-electron chi connectivity index (χ0n) is 16.4. The molecule has 0 amide bonds. The fourth-order valence-corrected chi connectivity index (χ4v) is 3.78. The summed E-state index contributed by atoms with van der Waals surface area (Å²) >= 11 is 0. The van der Waals surface area contributed by atoms with Gasteiger partial charge in [0.1, 0.15) is 0 Å². The highest BCUT2D eigenvalue weighted by Crippen LogP contribution is 2.41. The predicted molar refractivity (Wildman–Crippen MR) is 103 cm³/mol. The van der Waals surface area contributed by atoms with Crippen molar-refractivity contribution in [1.82, 2.24) is 20.0 Å². The zero-order valence-corrected chi connectivity index (χ0v) is 16.4. The third-order valence-electron chi connectivity index (χ3n) is 5.13. The molecular formula is C21H24N4O3. The number of nitrogens with zero attached hydrogens (tertiary/aromatic N) is 4. The first kappa shape index (κ1) is 18.4. The highest BCUT2D eigenvalue weighted by atomic mass is 16.5. The van der Waals surface area contributed by atoms with Crippen molar-refractivity contribution in [2.75, 3.05) is 20.8 Å². The standard InChI is InChI=1S/C21H24N4O3/c1-4-20-23-19(24-28-20)13-25-9-7-14-10-17(26-2)18(27-3)11-16(14)21(25)15-6-5-8-22-12-15/h5-6,8,10-12,21H,4,7,9,13H2,1-3H3. The van der Waals surface area contributed by atoms with Gasteiger partial charge < -0.3 is 14.0 Å². The van der Waals surface area contributed by atoms with E-state index in [2.05, 4.69) is 38.2 Å². The van der Waals surface area contributed by atoms with E-state index in [4.69, 9.17) is 14.0 Å². The third-order valence-corrected chi connectivity index (χ3v) is 5.13. The summed E-state index contributed by atoms with van der Waals surface area (Å²) in [7, 11) is 3.33. The van der Waals surface area contributed by atoms with Gasteiger partial charge in [-0.25, -0.2) is 0 Å². The van der Waals surface area contributed by atoms with Crippen LogP contribution < -0.4 is 9.47 Å². The Balaban J connectivity index is 1.76. The highest BCUT2D eigenvalue weighted by molar-refractivity contribution is 5.51. The Kier molecular flexibility index (Phi) is 5.25. The minimum atomic E-state index is 0.0285. The van der Waals surface area contributed by atoms with Crippen molar-refractivity contribution in [1.29, 1.82) is 0 Å². The maximum atomic E-state index is 5.56. The molecule has 0 saturated carbocycles. The van der Waals surface area contributed by atoms with Gasteiger partial charge in [0.05, 0.1) is 26.8 Å². The lowest BCUT2D eigenvalue weighted by Gasteiger charge is -2.37. The predicted octanol–water partition coefficient (Wildman–Crippen LogP) is 3.19. The maximum absolute atomic E-state index is 5.56. The first-order valence-electron chi connectivity index (χ1n) is 9.43. The van der Waals surface area contributed by atoms with Crippen molar-refractivity contribution in [3.8, 4) is 11.5 Å². The first-order chi connectivity index (χ1) is 13.7. The molecule has 4 rings (SSSR count). The van der Waals surface area contributed by atoms with Crippen LogP contribution in [0.5, 0.6) is 11.5 Å². The lowest BCUT2D eigenvalue weighted by molar-refractivity contribution is 0.195. The van der Waals surface area contributed by atoms with Crippen LogP contribution in [0.2, 0.25) is 0 Å². The van der Waals surface area contributed by atoms with Crippen molar-refractivity contribution in [2.45, 2.75) is 32.4 Å². The van der Waals surface area contributed by atoms with Crippen molar-refractivity contribution < 1.29 is 14.0 Å².